The summed E-state index contributed by atoms with van der Waals surface area (Å²) < 4.78 is 7.05. The van der Waals surface area contributed by atoms with Crippen LogP contribution >= 0.6 is 0 Å². The molecule has 0 saturated carbocycles. The van der Waals surface area contributed by atoms with Crippen LogP contribution in [0.2, 0.25) is 0 Å². The second kappa shape index (κ2) is 11.5. The van der Waals surface area contributed by atoms with Gasteiger partial charge >= 0.3 is 0 Å². The molecule has 4 heteroatoms. The minimum atomic E-state index is -0.429. The first kappa shape index (κ1) is 25.5. The highest BCUT2D eigenvalue weighted by Gasteiger charge is 2.42. The van der Waals surface area contributed by atoms with Gasteiger partial charge in [-0.15, -0.1) is 0 Å². The van der Waals surface area contributed by atoms with Crippen molar-refractivity contribution in [3.63, 3.8) is 0 Å². The third-order valence-corrected chi connectivity index (χ3v) is 8.83. The number of nitrogens with one attached hydrogen (secondary N) is 1. The molecule has 1 N–H and O–H groups in total. The molecule has 0 spiro atoms. The minimum absolute atomic E-state index is 0.114. The SMILES string of the molecule is C[N+]1(CCOc2ccccc2)CCC(CC[C@H]2CCC(c3ccccc3)(c3ccccc3)NC2=O)CC1. The van der Waals surface area contributed by atoms with E-state index in [1.54, 1.807) is 0 Å². The number of rotatable bonds is 9. The van der Waals surface area contributed by atoms with E-state index >= 15 is 0 Å². The van der Waals surface area contributed by atoms with Gasteiger partial charge in [-0.2, -0.15) is 0 Å². The molecule has 0 radical (unpaired) electrons. The molecule has 0 unspecified atom stereocenters. The molecule has 2 fully saturated rings. The number of carbonyl (C=O) groups is 1. The Bertz CT molecular complexity index is 1090. The molecule has 2 aliphatic rings. The average molecular weight is 498 g/mol. The monoisotopic (exact) mass is 497 g/mol. The zero-order chi connectivity index (χ0) is 25.6. The van der Waals surface area contributed by atoms with E-state index in [4.69, 9.17) is 4.74 Å². The van der Waals surface area contributed by atoms with Crippen LogP contribution in [0.15, 0.2) is 91.0 Å². The zero-order valence-electron chi connectivity index (χ0n) is 22.1. The number of ether oxygens (including phenoxy) is 1. The van der Waals surface area contributed by atoms with E-state index in [0.717, 1.165) is 55.0 Å². The van der Waals surface area contributed by atoms with E-state index in [2.05, 4.69) is 60.9 Å². The Labute approximate surface area is 222 Å². The summed E-state index contributed by atoms with van der Waals surface area (Å²) in [4.78, 5) is 13.4. The third-order valence-electron chi connectivity index (χ3n) is 8.83. The van der Waals surface area contributed by atoms with Gasteiger partial charge in [0, 0.05) is 5.92 Å². The van der Waals surface area contributed by atoms with Crippen LogP contribution in [0.5, 0.6) is 5.75 Å². The van der Waals surface area contributed by atoms with Gasteiger partial charge in [-0.05, 0) is 67.7 Å². The summed E-state index contributed by atoms with van der Waals surface area (Å²) >= 11 is 0. The lowest BCUT2D eigenvalue weighted by molar-refractivity contribution is -0.915. The minimum Gasteiger partial charge on any atom is -0.488 e. The first-order valence-corrected chi connectivity index (χ1v) is 14.0. The number of amides is 1. The fraction of sp³-hybridized carbons (Fsp3) is 0.424. The van der Waals surface area contributed by atoms with Crippen molar-refractivity contribution in [2.75, 3.05) is 33.3 Å². The van der Waals surface area contributed by atoms with Crippen LogP contribution in [0, 0.1) is 11.8 Å². The van der Waals surface area contributed by atoms with Crippen molar-refractivity contribution in [2.24, 2.45) is 11.8 Å². The standard InChI is InChI=1S/C33H40N2O2/c1-35(25-26-37-31-15-9-4-10-16-31)23-20-27(21-24-35)17-18-28-19-22-33(34-32(28)36,29-11-5-2-6-12-29)30-13-7-3-8-14-30/h2-16,27-28H,17-26H2,1H3/p+1/t27?,28-,35?/m0/s1. The summed E-state index contributed by atoms with van der Waals surface area (Å²) in [7, 11) is 2.37. The van der Waals surface area contributed by atoms with Crippen molar-refractivity contribution in [3.8, 4) is 5.75 Å². The number of likely N-dealkylation sites (tertiary alicyclic amines) is 1. The van der Waals surface area contributed by atoms with Gasteiger partial charge in [0.05, 0.1) is 25.7 Å². The number of likely N-dealkylation sites (N-methyl/N-ethyl adjacent to an activating group) is 1. The van der Waals surface area contributed by atoms with E-state index < -0.39 is 5.54 Å². The average Bonchev–Trinajstić information content (AvgIpc) is 2.95. The molecule has 0 aliphatic carbocycles. The lowest BCUT2D eigenvalue weighted by atomic mass is 9.73. The molecule has 194 valence electrons. The van der Waals surface area contributed by atoms with Crippen LogP contribution in [0.4, 0.5) is 0 Å². The Morgan fingerprint density at radius 3 is 1.95 bits per heavy atom. The van der Waals surface area contributed by atoms with E-state index in [-0.39, 0.29) is 11.8 Å². The third kappa shape index (κ3) is 6.07. The normalized spacial score (nSPS) is 25.3. The summed E-state index contributed by atoms with van der Waals surface area (Å²) in [5, 5.41) is 3.49. The van der Waals surface area contributed by atoms with Crippen molar-refractivity contribution in [3.05, 3.63) is 102 Å². The fourth-order valence-corrected chi connectivity index (χ4v) is 6.31. The number of quaternary nitrogens is 1. The Hall–Kier alpha value is -3.11. The number of nitrogens with zero attached hydrogens (tertiary/aromatic N) is 1. The predicted octanol–water partition coefficient (Wildman–Crippen LogP) is 6.17. The molecule has 2 aliphatic heterocycles. The van der Waals surface area contributed by atoms with E-state index in [9.17, 15) is 4.79 Å². The van der Waals surface area contributed by atoms with Crippen LogP contribution < -0.4 is 10.1 Å². The molecule has 2 saturated heterocycles. The van der Waals surface area contributed by atoms with Crippen molar-refractivity contribution in [2.45, 2.75) is 44.1 Å². The highest BCUT2D eigenvalue weighted by molar-refractivity contribution is 5.81. The second-order valence-electron chi connectivity index (χ2n) is 11.3. The summed E-state index contributed by atoms with van der Waals surface area (Å²) in [5.41, 5.74) is 1.92. The molecule has 37 heavy (non-hydrogen) atoms. The summed E-state index contributed by atoms with van der Waals surface area (Å²) in [6.07, 6.45) is 6.52. The molecule has 3 aromatic carbocycles. The van der Waals surface area contributed by atoms with Crippen LogP contribution in [0.1, 0.15) is 49.7 Å². The number of carbonyl (C=O) groups excluding carboxylic acids is 1. The maximum Gasteiger partial charge on any atom is 0.224 e. The summed E-state index contributed by atoms with van der Waals surface area (Å²) in [6, 6.07) is 31.1. The molecule has 0 bridgehead atoms. The molecule has 4 nitrogen and oxygen atoms in total. The lowest BCUT2D eigenvalue weighted by Crippen LogP contribution is -2.53. The number of piperidine rings is 2. The highest BCUT2D eigenvalue weighted by Crippen LogP contribution is 2.40. The molecular formula is C33H41N2O2+. The maximum absolute atomic E-state index is 13.4. The fourth-order valence-electron chi connectivity index (χ4n) is 6.31. The molecule has 1 amide bonds. The Morgan fingerprint density at radius 2 is 1.38 bits per heavy atom. The van der Waals surface area contributed by atoms with Crippen molar-refractivity contribution >= 4 is 5.91 Å². The van der Waals surface area contributed by atoms with E-state index in [1.807, 2.05) is 42.5 Å². The van der Waals surface area contributed by atoms with E-state index in [1.165, 1.54) is 37.1 Å². The van der Waals surface area contributed by atoms with Crippen molar-refractivity contribution in [1.82, 2.24) is 5.32 Å². The second-order valence-corrected chi connectivity index (χ2v) is 11.3. The molecular weight excluding hydrogens is 456 g/mol. The van der Waals surface area contributed by atoms with Gasteiger partial charge in [0.2, 0.25) is 5.91 Å². The topological polar surface area (TPSA) is 38.3 Å². The lowest BCUT2D eigenvalue weighted by Gasteiger charge is -2.43. The van der Waals surface area contributed by atoms with Crippen molar-refractivity contribution < 1.29 is 14.0 Å². The van der Waals surface area contributed by atoms with Crippen molar-refractivity contribution in [1.29, 1.82) is 0 Å². The number of hydrogen-bond donors (Lipinski definition) is 1. The van der Waals surface area contributed by atoms with Crippen LogP contribution in [0.25, 0.3) is 0 Å². The summed E-state index contributed by atoms with van der Waals surface area (Å²) in [5.74, 6) is 2.01. The van der Waals surface area contributed by atoms with Gasteiger partial charge in [0.25, 0.3) is 0 Å². The van der Waals surface area contributed by atoms with Gasteiger partial charge < -0.3 is 14.5 Å². The zero-order valence-corrected chi connectivity index (χ0v) is 22.1. The maximum atomic E-state index is 13.4. The van der Waals surface area contributed by atoms with Gasteiger partial charge in [-0.3, -0.25) is 4.79 Å². The quantitative estimate of drug-likeness (QED) is 0.359. The number of benzene rings is 3. The Morgan fingerprint density at radius 1 is 0.811 bits per heavy atom. The van der Waals surface area contributed by atoms with Gasteiger partial charge in [-0.25, -0.2) is 0 Å². The molecule has 3 aromatic rings. The molecule has 2 heterocycles. The van der Waals surface area contributed by atoms with Gasteiger partial charge in [0.15, 0.2) is 0 Å². The largest absolute Gasteiger partial charge is 0.488 e. The number of hydrogen-bond acceptors (Lipinski definition) is 2. The summed E-state index contributed by atoms with van der Waals surface area (Å²) in [6.45, 7) is 4.21. The highest BCUT2D eigenvalue weighted by atomic mass is 16.5. The molecule has 0 aromatic heterocycles. The molecule has 1 atom stereocenters. The Kier molecular flexibility index (Phi) is 7.95. The first-order valence-electron chi connectivity index (χ1n) is 14.0. The Balaban J connectivity index is 1.12. The number of para-hydroxylation sites is 1. The van der Waals surface area contributed by atoms with Crippen LogP contribution in [-0.2, 0) is 10.3 Å². The van der Waals surface area contributed by atoms with Crippen LogP contribution in [-0.4, -0.2) is 43.7 Å². The van der Waals surface area contributed by atoms with Crippen LogP contribution in [0.3, 0.4) is 0 Å². The smallest absolute Gasteiger partial charge is 0.224 e. The first-order chi connectivity index (χ1) is 18.1. The van der Waals surface area contributed by atoms with E-state index in [0.29, 0.717) is 0 Å². The van der Waals surface area contributed by atoms with Gasteiger partial charge in [-0.1, -0.05) is 78.9 Å². The molecule has 5 rings (SSSR count). The predicted molar refractivity (Wildman–Crippen MR) is 149 cm³/mol. The van der Waals surface area contributed by atoms with Gasteiger partial charge in [0.1, 0.15) is 18.9 Å².